The minimum absolute atomic E-state index is 0.0955. The van der Waals surface area contributed by atoms with Gasteiger partial charge in [0.05, 0.1) is 23.2 Å². The topological polar surface area (TPSA) is 78.9 Å². The van der Waals surface area contributed by atoms with Crippen LogP contribution in [-0.4, -0.2) is 11.9 Å². The van der Waals surface area contributed by atoms with Crippen molar-refractivity contribution in [3.63, 3.8) is 0 Å². The van der Waals surface area contributed by atoms with Gasteiger partial charge in [-0.05, 0) is 31.0 Å². The molecule has 94 valence electrons. The highest BCUT2D eigenvalue weighted by molar-refractivity contribution is 5.93. The van der Waals surface area contributed by atoms with E-state index in [1.807, 2.05) is 6.07 Å². The summed E-state index contributed by atoms with van der Waals surface area (Å²) >= 11 is 0. The number of carbonyl (C=O) groups is 1. The first-order chi connectivity index (χ1) is 8.61. The number of rotatable bonds is 2. The van der Waals surface area contributed by atoms with E-state index >= 15 is 0 Å². The highest BCUT2D eigenvalue weighted by atomic mass is 19.1. The molecular weight excluding hydrogens is 233 g/mol. The Bertz CT molecular complexity index is 509. The Balaban J connectivity index is 2.10. The number of amides is 1. The van der Waals surface area contributed by atoms with Crippen LogP contribution in [0.2, 0.25) is 0 Å². The summed E-state index contributed by atoms with van der Waals surface area (Å²) < 4.78 is 13.6. The molecule has 4 nitrogen and oxygen atoms in total. The zero-order valence-corrected chi connectivity index (χ0v) is 9.82. The smallest absolute Gasteiger partial charge is 0.229 e. The second-order valence-electron chi connectivity index (χ2n) is 4.50. The summed E-state index contributed by atoms with van der Waals surface area (Å²) in [4.78, 5) is 11.9. The Hall–Kier alpha value is -1.93. The van der Waals surface area contributed by atoms with Crippen LogP contribution >= 0.6 is 0 Å². The van der Waals surface area contributed by atoms with Crippen LogP contribution in [0, 0.1) is 23.1 Å². The molecule has 18 heavy (non-hydrogen) atoms. The minimum Gasteiger partial charge on any atom is -0.327 e. The first-order valence-corrected chi connectivity index (χ1v) is 5.88. The summed E-state index contributed by atoms with van der Waals surface area (Å²) in [7, 11) is 0. The lowest BCUT2D eigenvalue weighted by Gasteiger charge is -2.15. The number of nitrogens with zero attached hydrogens (tertiary/aromatic N) is 1. The quantitative estimate of drug-likeness (QED) is 0.835. The molecule has 1 saturated carbocycles. The molecule has 1 aromatic rings. The Morgan fingerprint density at radius 3 is 2.83 bits per heavy atom. The fraction of sp³-hybridized carbons (Fsp3) is 0.385. The fourth-order valence-electron chi connectivity index (χ4n) is 2.23. The highest BCUT2D eigenvalue weighted by Crippen LogP contribution is 2.26. The van der Waals surface area contributed by atoms with Gasteiger partial charge in [0.15, 0.2) is 0 Å². The number of anilines is 1. The SMILES string of the molecule is N#Cc1ccc(NC(=O)C2CCCC2N)c(F)c1. The molecule has 0 saturated heterocycles. The van der Waals surface area contributed by atoms with Crippen LogP contribution < -0.4 is 11.1 Å². The van der Waals surface area contributed by atoms with Gasteiger partial charge in [-0.1, -0.05) is 6.42 Å². The van der Waals surface area contributed by atoms with Crippen molar-refractivity contribution in [1.82, 2.24) is 0 Å². The van der Waals surface area contributed by atoms with Gasteiger partial charge in [-0.2, -0.15) is 5.26 Å². The van der Waals surface area contributed by atoms with Crippen LogP contribution in [0.25, 0.3) is 0 Å². The second-order valence-corrected chi connectivity index (χ2v) is 4.50. The van der Waals surface area contributed by atoms with Gasteiger partial charge in [-0.25, -0.2) is 4.39 Å². The number of benzene rings is 1. The third-order valence-corrected chi connectivity index (χ3v) is 3.26. The molecule has 0 heterocycles. The number of hydrogen-bond donors (Lipinski definition) is 2. The van der Waals surface area contributed by atoms with E-state index in [2.05, 4.69) is 5.32 Å². The molecule has 2 atom stereocenters. The Kier molecular flexibility index (Phi) is 3.58. The number of carbonyl (C=O) groups excluding carboxylic acids is 1. The van der Waals surface area contributed by atoms with Gasteiger partial charge in [-0.3, -0.25) is 4.79 Å². The maximum atomic E-state index is 13.6. The van der Waals surface area contributed by atoms with Crippen LogP contribution in [0.5, 0.6) is 0 Å². The predicted octanol–water partition coefficient (Wildman–Crippen LogP) is 1.76. The second kappa shape index (κ2) is 5.15. The van der Waals surface area contributed by atoms with E-state index in [1.54, 1.807) is 0 Å². The molecule has 0 bridgehead atoms. The molecule has 2 rings (SSSR count). The number of nitrogens with two attached hydrogens (primary N) is 1. The van der Waals surface area contributed by atoms with Crippen molar-refractivity contribution in [2.45, 2.75) is 25.3 Å². The molecule has 5 heteroatoms. The van der Waals surface area contributed by atoms with E-state index in [0.29, 0.717) is 0 Å². The third kappa shape index (κ3) is 2.49. The van der Waals surface area contributed by atoms with Gasteiger partial charge < -0.3 is 11.1 Å². The summed E-state index contributed by atoms with van der Waals surface area (Å²) in [6, 6.07) is 5.65. The average molecular weight is 247 g/mol. The first-order valence-electron chi connectivity index (χ1n) is 5.88. The average Bonchev–Trinajstić information content (AvgIpc) is 2.78. The largest absolute Gasteiger partial charge is 0.327 e. The van der Waals surface area contributed by atoms with Gasteiger partial charge in [0.2, 0.25) is 5.91 Å². The summed E-state index contributed by atoms with van der Waals surface area (Å²) in [5.74, 6) is -1.10. The van der Waals surface area contributed by atoms with Crippen LogP contribution in [0.15, 0.2) is 18.2 Å². The van der Waals surface area contributed by atoms with E-state index in [-0.39, 0.29) is 29.1 Å². The van der Waals surface area contributed by atoms with Gasteiger partial charge in [-0.15, -0.1) is 0 Å². The van der Waals surface area contributed by atoms with Crippen LogP contribution in [0.1, 0.15) is 24.8 Å². The molecule has 2 unspecified atom stereocenters. The van der Waals surface area contributed by atoms with Crippen molar-refractivity contribution < 1.29 is 9.18 Å². The fourth-order valence-corrected chi connectivity index (χ4v) is 2.23. The molecule has 1 aliphatic carbocycles. The van der Waals surface area contributed by atoms with Crippen molar-refractivity contribution >= 4 is 11.6 Å². The predicted molar refractivity (Wildman–Crippen MR) is 65.1 cm³/mol. The maximum Gasteiger partial charge on any atom is 0.229 e. The standard InChI is InChI=1S/C13H14FN3O/c14-10-6-8(7-15)4-5-12(10)17-13(18)9-2-1-3-11(9)16/h4-6,9,11H,1-3,16H2,(H,17,18). The summed E-state index contributed by atoms with van der Waals surface area (Å²) in [6.07, 6.45) is 2.49. The highest BCUT2D eigenvalue weighted by Gasteiger charge is 2.30. The van der Waals surface area contributed by atoms with Crippen LogP contribution in [-0.2, 0) is 4.79 Å². The zero-order chi connectivity index (χ0) is 13.1. The van der Waals surface area contributed by atoms with Crippen LogP contribution in [0.4, 0.5) is 10.1 Å². The van der Waals surface area contributed by atoms with E-state index in [0.717, 1.165) is 25.3 Å². The lowest BCUT2D eigenvalue weighted by atomic mass is 10.0. The molecule has 0 aliphatic heterocycles. The lowest BCUT2D eigenvalue weighted by molar-refractivity contribution is -0.120. The number of nitrogens with one attached hydrogen (secondary N) is 1. The molecule has 0 aromatic heterocycles. The first kappa shape index (κ1) is 12.5. The molecule has 1 fully saturated rings. The maximum absolute atomic E-state index is 13.6. The van der Waals surface area contributed by atoms with Gasteiger partial charge in [0.1, 0.15) is 5.82 Å². The Labute approximate surface area is 105 Å². The number of nitriles is 1. The van der Waals surface area contributed by atoms with Crippen molar-refractivity contribution in [1.29, 1.82) is 5.26 Å². The number of hydrogen-bond acceptors (Lipinski definition) is 3. The monoisotopic (exact) mass is 247 g/mol. The van der Waals surface area contributed by atoms with Crippen LogP contribution in [0.3, 0.4) is 0 Å². The Morgan fingerprint density at radius 1 is 1.50 bits per heavy atom. The molecule has 1 aliphatic rings. The van der Waals surface area contributed by atoms with E-state index in [1.165, 1.54) is 12.1 Å². The van der Waals surface area contributed by atoms with E-state index in [9.17, 15) is 9.18 Å². The molecule has 1 aromatic carbocycles. The zero-order valence-electron chi connectivity index (χ0n) is 9.82. The molecule has 0 radical (unpaired) electrons. The molecular formula is C13H14FN3O. The molecule has 1 amide bonds. The van der Waals surface area contributed by atoms with E-state index in [4.69, 9.17) is 11.0 Å². The summed E-state index contributed by atoms with van der Waals surface area (Å²) in [5.41, 5.74) is 6.14. The third-order valence-electron chi connectivity index (χ3n) is 3.26. The molecule has 3 N–H and O–H groups in total. The number of halogens is 1. The van der Waals surface area contributed by atoms with Crippen molar-refractivity contribution in [2.75, 3.05) is 5.32 Å². The van der Waals surface area contributed by atoms with Crippen molar-refractivity contribution in [3.05, 3.63) is 29.6 Å². The van der Waals surface area contributed by atoms with Crippen molar-refractivity contribution in [3.8, 4) is 6.07 Å². The lowest BCUT2D eigenvalue weighted by Crippen LogP contribution is -2.34. The van der Waals surface area contributed by atoms with E-state index < -0.39 is 5.82 Å². The van der Waals surface area contributed by atoms with Gasteiger partial charge >= 0.3 is 0 Å². The molecule has 0 spiro atoms. The van der Waals surface area contributed by atoms with Gasteiger partial charge in [0.25, 0.3) is 0 Å². The van der Waals surface area contributed by atoms with Crippen molar-refractivity contribution in [2.24, 2.45) is 11.7 Å². The van der Waals surface area contributed by atoms with Gasteiger partial charge in [0, 0.05) is 6.04 Å². The minimum atomic E-state index is -0.603. The Morgan fingerprint density at radius 2 is 2.28 bits per heavy atom. The summed E-state index contributed by atoms with van der Waals surface area (Å²) in [5, 5.41) is 11.2. The summed E-state index contributed by atoms with van der Waals surface area (Å²) in [6.45, 7) is 0. The normalized spacial score (nSPS) is 22.5.